The van der Waals surface area contributed by atoms with Crippen LogP contribution >= 0.6 is 0 Å². The topological polar surface area (TPSA) is 63.0 Å². The predicted molar refractivity (Wildman–Crippen MR) is 71.4 cm³/mol. The zero-order valence-electron chi connectivity index (χ0n) is 9.77. The Bertz CT molecular complexity index is 496. The number of benzene rings is 1. The minimum absolute atomic E-state index is 0.538. The summed E-state index contributed by atoms with van der Waals surface area (Å²) in [5.74, 6) is 0.809. The molecule has 88 valence electrons. The number of aromatic nitrogens is 1. The zero-order valence-corrected chi connectivity index (χ0v) is 9.77. The van der Waals surface area contributed by atoms with Crippen molar-refractivity contribution >= 4 is 17.2 Å². The van der Waals surface area contributed by atoms with Gasteiger partial charge in [0.25, 0.3) is 0 Å². The first-order valence-electron chi connectivity index (χ1n) is 5.52. The number of anilines is 3. The number of nitrogens with one attached hydrogen (secondary N) is 2. The van der Waals surface area contributed by atoms with E-state index >= 15 is 0 Å². The van der Waals surface area contributed by atoms with E-state index in [4.69, 9.17) is 5.73 Å². The van der Waals surface area contributed by atoms with Crippen LogP contribution in [0, 0.1) is 0 Å². The van der Waals surface area contributed by atoms with Gasteiger partial charge in [0, 0.05) is 25.5 Å². The summed E-state index contributed by atoms with van der Waals surface area (Å²) in [7, 11) is 1.87. The molecule has 0 spiro atoms. The lowest BCUT2D eigenvalue weighted by Gasteiger charge is -2.10. The van der Waals surface area contributed by atoms with Gasteiger partial charge in [-0.3, -0.25) is 0 Å². The summed E-state index contributed by atoms with van der Waals surface area (Å²) < 4.78 is 0. The van der Waals surface area contributed by atoms with Gasteiger partial charge >= 0.3 is 0 Å². The molecule has 1 heterocycles. The minimum atomic E-state index is 0.538. The predicted octanol–water partition coefficient (Wildman–Crippen LogP) is 2.33. The fourth-order valence-electron chi connectivity index (χ4n) is 1.62. The summed E-state index contributed by atoms with van der Waals surface area (Å²) in [6.45, 7) is 0.538. The molecule has 1 aromatic heterocycles. The summed E-state index contributed by atoms with van der Waals surface area (Å²) >= 11 is 0. The van der Waals surface area contributed by atoms with Crippen molar-refractivity contribution in [3.05, 3.63) is 48.2 Å². The van der Waals surface area contributed by atoms with E-state index in [0.29, 0.717) is 6.54 Å². The van der Waals surface area contributed by atoms with Gasteiger partial charge in [0.2, 0.25) is 0 Å². The molecule has 0 unspecified atom stereocenters. The van der Waals surface area contributed by atoms with E-state index in [0.717, 1.165) is 22.8 Å². The van der Waals surface area contributed by atoms with Crippen molar-refractivity contribution in [2.45, 2.75) is 6.54 Å². The van der Waals surface area contributed by atoms with Gasteiger partial charge < -0.3 is 16.4 Å². The summed E-state index contributed by atoms with van der Waals surface area (Å²) in [6.07, 6.45) is 1.76. The second-order valence-corrected chi connectivity index (χ2v) is 3.68. The number of rotatable bonds is 4. The normalized spacial score (nSPS) is 10.0. The van der Waals surface area contributed by atoms with E-state index in [1.54, 1.807) is 6.20 Å². The van der Waals surface area contributed by atoms with Gasteiger partial charge in [-0.25, -0.2) is 4.98 Å². The standard InChI is InChI=1S/C13H16N4/c1-15-12-6-3-7-16-13(12)17-11-5-2-4-10(8-11)9-14/h2-8,15H,9,14H2,1H3,(H,16,17). The summed E-state index contributed by atoms with van der Waals surface area (Å²) in [4.78, 5) is 4.30. The average molecular weight is 228 g/mol. The molecule has 4 heteroatoms. The first-order chi connectivity index (χ1) is 8.33. The van der Waals surface area contributed by atoms with Crippen molar-refractivity contribution in [1.82, 2.24) is 4.98 Å². The number of hydrogen-bond donors (Lipinski definition) is 3. The molecule has 4 N–H and O–H groups in total. The number of nitrogens with two attached hydrogens (primary N) is 1. The first-order valence-corrected chi connectivity index (χ1v) is 5.52. The lowest BCUT2D eigenvalue weighted by molar-refractivity contribution is 1.07. The third kappa shape index (κ3) is 2.73. The Morgan fingerprint density at radius 2 is 2.12 bits per heavy atom. The molecule has 0 aliphatic heterocycles. The molecule has 0 bridgehead atoms. The van der Waals surface area contributed by atoms with Crippen molar-refractivity contribution in [3.8, 4) is 0 Å². The van der Waals surface area contributed by atoms with Crippen LogP contribution in [0.15, 0.2) is 42.6 Å². The molecule has 4 nitrogen and oxygen atoms in total. The molecule has 0 saturated heterocycles. The Labute approximate surface area is 101 Å². The second-order valence-electron chi connectivity index (χ2n) is 3.68. The van der Waals surface area contributed by atoms with Crippen LogP contribution < -0.4 is 16.4 Å². The maximum absolute atomic E-state index is 5.61. The molecule has 0 amide bonds. The Hall–Kier alpha value is -2.07. The van der Waals surface area contributed by atoms with E-state index in [1.165, 1.54) is 0 Å². The second kappa shape index (κ2) is 5.32. The van der Waals surface area contributed by atoms with Crippen molar-refractivity contribution in [2.75, 3.05) is 17.7 Å². The third-order valence-electron chi connectivity index (χ3n) is 2.50. The Morgan fingerprint density at radius 1 is 1.24 bits per heavy atom. The lowest BCUT2D eigenvalue weighted by Crippen LogP contribution is -2.01. The molecule has 2 rings (SSSR count). The molecule has 1 aromatic carbocycles. The monoisotopic (exact) mass is 228 g/mol. The SMILES string of the molecule is CNc1cccnc1Nc1cccc(CN)c1. The quantitative estimate of drug-likeness (QED) is 0.751. The van der Waals surface area contributed by atoms with Crippen molar-refractivity contribution < 1.29 is 0 Å². The van der Waals surface area contributed by atoms with E-state index < -0.39 is 0 Å². The molecule has 17 heavy (non-hydrogen) atoms. The van der Waals surface area contributed by atoms with Crippen molar-refractivity contribution in [3.63, 3.8) is 0 Å². The molecular weight excluding hydrogens is 212 g/mol. The first kappa shape index (κ1) is 11.4. The van der Waals surface area contributed by atoms with Crippen LogP contribution in [0.5, 0.6) is 0 Å². The molecule has 0 atom stereocenters. The van der Waals surface area contributed by atoms with Crippen LogP contribution in [-0.2, 0) is 6.54 Å². The average Bonchev–Trinajstić information content (AvgIpc) is 2.39. The van der Waals surface area contributed by atoms with Crippen LogP contribution in [0.1, 0.15) is 5.56 Å². The van der Waals surface area contributed by atoms with Gasteiger partial charge in [0.15, 0.2) is 5.82 Å². The third-order valence-corrected chi connectivity index (χ3v) is 2.50. The van der Waals surface area contributed by atoms with Crippen LogP contribution in [0.3, 0.4) is 0 Å². The Kier molecular flexibility index (Phi) is 3.57. The van der Waals surface area contributed by atoms with Crippen LogP contribution in [0.25, 0.3) is 0 Å². The van der Waals surface area contributed by atoms with Gasteiger partial charge in [0.1, 0.15) is 0 Å². The van der Waals surface area contributed by atoms with E-state index in [2.05, 4.69) is 15.6 Å². The van der Waals surface area contributed by atoms with Gasteiger partial charge in [-0.15, -0.1) is 0 Å². The highest BCUT2D eigenvalue weighted by molar-refractivity contribution is 5.70. The Balaban J connectivity index is 2.24. The van der Waals surface area contributed by atoms with Crippen LogP contribution in [0.4, 0.5) is 17.2 Å². The lowest BCUT2D eigenvalue weighted by atomic mass is 10.2. The molecule has 0 aliphatic carbocycles. The van der Waals surface area contributed by atoms with Crippen LogP contribution in [0.2, 0.25) is 0 Å². The maximum Gasteiger partial charge on any atom is 0.153 e. The highest BCUT2D eigenvalue weighted by atomic mass is 15.0. The van der Waals surface area contributed by atoms with Crippen LogP contribution in [-0.4, -0.2) is 12.0 Å². The highest BCUT2D eigenvalue weighted by Crippen LogP contribution is 2.22. The van der Waals surface area contributed by atoms with E-state index in [1.807, 2.05) is 43.4 Å². The fraction of sp³-hybridized carbons (Fsp3) is 0.154. The highest BCUT2D eigenvalue weighted by Gasteiger charge is 2.01. The van der Waals surface area contributed by atoms with Crippen molar-refractivity contribution in [1.29, 1.82) is 0 Å². The smallest absolute Gasteiger partial charge is 0.153 e. The molecular formula is C13H16N4. The summed E-state index contributed by atoms with van der Waals surface area (Å²) in [5, 5.41) is 6.36. The molecule has 2 aromatic rings. The fourth-order valence-corrected chi connectivity index (χ4v) is 1.62. The zero-order chi connectivity index (χ0) is 12.1. The maximum atomic E-state index is 5.61. The molecule has 0 aliphatic rings. The molecule has 0 radical (unpaired) electrons. The summed E-state index contributed by atoms with van der Waals surface area (Å²) in [6, 6.07) is 11.9. The van der Waals surface area contributed by atoms with Gasteiger partial charge in [0.05, 0.1) is 5.69 Å². The number of hydrogen-bond acceptors (Lipinski definition) is 4. The van der Waals surface area contributed by atoms with E-state index in [9.17, 15) is 0 Å². The van der Waals surface area contributed by atoms with Gasteiger partial charge in [-0.1, -0.05) is 12.1 Å². The van der Waals surface area contributed by atoms with Crippen molar-refractivity contribution in [2.24, 2.45) is 5.73 Å². The largest absolute Gasteiger partial charge is 0.385 e. The number of pyridine rings is 1. The minimum Gasteiger partial charge on any atom is -0.385 e. The van der Waals surface area contributed by atoms with E-state index in [-0.39, 0.29) is 0 Å². The molecule has 0 fully saturated rings. The number of nitrogens with zero attached hydrogens (tertiary/aromatic N) is 1. The van der Waals surface area contributed by atoms with Gasteiger partial charge in [-0.2, -0.15) is 0 Å². The summed E-state index contributed by atoms with van der Waals surface area (Å²) in [5.41, 5.74) is 8.66. The molecule has 0 saturated carbocycles. The van der Waals surface area contributed by atoms with Gasteiger partial charge in [-0.05, 0) is 29.8 Å². The Morgan fingerprint density at radius 3 is 2.88 bits per heavy atom.